The van der Waals surface area contributed by atoms with Crippen molar-refractivity contribution in [1.82, 2.24) is 0 Å². The molecule has 1 atom stereocenters. The topological polar surface area (TPSA) is 43.4 Å². The highest BCUT2D eigenvalue weighted by Crippen LogP contribution is 2.17. The molecule has 0 N–H and O–H groups in total. The molecule has 0 heterocycles. The zero-order valence-corrected chi connectivity index (χ0v) is 26.8. The lowest BCUT2D eigenvalue weighted by atomic mass is 10.0. The molecule has 0 saturated heterocycles. The number of unbranched alkanes of at least 4 members (excludes halogenated alkanes) is 26. The second kappa shape index (κ2) is 33.3. The van der Waals surface area contributed by atoms with Crippen LogP contribution in [-0.4, -0.2) is 18.4 Å². The summed E-state index contributed by atoms with van der Waals surface area (Å²) in [5.74, 6) is -0.106. The second-order valence-corrected chi connectivity index (χ2v) is 12.2. The molecule has 39 heavy (non-hydrogen) atoms. The van der Waals surface area contributed by atoms with Crippen LogP contribution in [0.1, 0.15) is 213 Å². The first kappa shape index (κ1) is 38.1. The van der Waals surface area contributed by atoms with Crippen molar-refractivity contribution in [1.29, 1.82) is 0 Å². The van der Waals surface area contributed by atoms with Gasteiger partial charge < -0.3 is 9.53 Å². The standard InChI is InChI=1S/C36H70O3/c1-3-5-7-9-11-13-15-16-17-18-19-20-21-22-24-26-28-30-32-36(38)39-35(33-34-37)31-29-27-25-23-14-12-10-8-6-4-2/h34-35H,3-33H2,1-2H3. The molecule has 0 amide bonds. The maximum absolute atomic E-state index is 12.2. The summed E-state index contributed by atoms with van der Waals surface area (Å²) in [6, 6.07) is 0. The first-order valence-electron chi connectivity index (χ1n) is 17.9. The van der Waals surface area contributed by atoms with Crippen LogP contribution in [0, 0.1) is 0 Å². The van der Waals surface area contributed by atoms with Crippen LogP contribution in [0.2, 0.25) is 0 Å². The molecule has 0 spiro atoms. The van der Waals surface area contributed by atoms with Crippen LogP contribution in [-0.2, 0) is 14.3 Å². The van der Waals surface area contributed by atoms with Gasteiger partial charge in [-0.25, -0.2) is 0 Å². The van der Waals surface area contributed by atoms with Gasteiger partial charge in [0.1, 0.15) is 12.4 Å². The lowest BCUT2D eigenvalue weighted by Crippen LogP contribution is -2.18. The van der Waals surface area contributed by atoms with Crippen molar-refractivity contribution in [2.45, 2.75) is 219 Å². The van der Waals surface area contributed by atoms with Gasteiger partial charge in [-0.2, -0.15) is 0 Å². The Kier molecular flexibility index (Phi) is 32.6. The van der Waals surface area contributed by atoms with Crippen LogP contribution in [0.3, 0.4) is 0 Å². The first-order chi connectivity index (χ1) is 19.2. The molecule has 0 fully saturated rings. The molecule has 0 saturated carbocycles. The Hall–Kier alpha value is -0.860. The van der Waals surface area contributed by atoms with Gasteiger partial charge in [0.25, 0.3) is 0 Å². The van der Waals surface area contributed by atoms with E-state index in [0.717, 1.165) is 32.0 Å². The minimum atomic E-state index is -0.209. The van der Waals surface area contributed by atoms with Gasteiger partial charge >= 0.3 is 5.97 Å². The van der Waals surface area contributed by atoms with Gasteiger partial charge in [-0.05, 0) is 19.3 Å². The van der Waals surface area contributed by atoms with Crippen molar-refractivity contribution in [3.05, 3.63) is 0 Å². The Labute approximate surface area is 245 Å². The van der Waals surface area contributed by atoms with Gasteiger partial charge in [0, 0.05) is 12.8 Å². The molecule has 232 valence electrons. The maximum atomic E-state index is 12.2. The number of carbonyl (C=O) groups is 2. The van der Waals surface area contributed by atoms with Crippen molar-refractivity contribution in [3.63, 3.8) is 0 Å². The number of aldehydes is 1. The van der Waals surface area contributed by atoms with E-state index in [0.29, 0.717) is 12.8 Å². The average Bonchev–Trinajstić information content (AvgIpc) is 2.93. The highest BCUT2D eigenvalue weighted by atomic mass is 16.5. The lowest BCUT2D eigenvalue weighted by Gasteiger charge is -2.15. The summed E-state index contributed by atoms with van der Waals surface area (Å²) in [5, 5.41) is 0. The monoisotopic (exact) mass is 551 g/mol. The summed E-state index contributed by atoms with van der Waals surface area (Å²) in [4.78, 5) is 23.3. The Balaban J connectivity index is 3.46. The van der Waals surface area contributed by atoms with Gasteiger partial charge in [-0.1, -0.05) is 181 Å². The van der Waals surface area contributed by atoms with Crippen LogP contribution >= 0.6 is 0 Å². The Morgan fingerprint density at radius 2 is 0.795 bits per heavy atom. The SMILES string of the molecule is CCCCCCCCCCCCCCCCCCCCC(=O)OC(CC=O)CCCCCCCCCCCC. The molecule has 0 aromatic heterocycles. The quantitative estimate of drug-likeness (QED) is 0.0463. The normalized spacial score (nSPS) is 12.1. The van der Waals surface area contributed by atoms with E-state index >= 15 is 0 Å². The van der Waals surface area contributed by atoms with Crippen LogP contribution in [0.4, 0.5) is 0 Å². The minimum Gasteiger partial charge on any atom is -0.462 e. The fourth-order valence-corrected chi connectivity index (χ4v) is 5.61. The number of rotatable bonds is 33. The van der Waals surface area contributed by atoms with E-state index < -0.39 is 0 Å². The predicted octanol–water partition coefficient (Wildman–Crippen LogP) is 12.2. The third kappa shape index (κ3) is 31.5. The molecular weight excluding hydrogens is 480 g/mol. The van der Waals surface area contributed by atoms with E-state index in [2.05, 4.69) is 13.8 Å². The third-order valence-corrected chi connectivity index (χ3v) is 8.27. The van der Waals surface area contributed by atoms with Crippen LogP contribution in [0.15, 0.2) is 0 Å². The smallest absolute Gasteiger partial charge is 0.306 e. The Morgan fingerprint density at radius 3 is 1.13 bits per heavy atom. The largest absolute Gasteiger partial charge is 0.462 e. The molecule has 0 aromatic rings. The molecular formula is C36H70O3. The van der Waals surface area contributed by atoms with Crippen molar-refractivity contribution < 1.29 is 14.3 Å². The van der Waals surface area contributed by atoms with Crippen LogP contribution in [0.5, 0.6) is 0 Å². The van der Waals surface area contributed by atoms with Crippen molar-refractivity contribution in [2.24, 2.45) is 0 Å². The molecule has 3 nitrogen and oxygen atoms in total. The number of hydrogen-bond acceptors (Lipinski definition) is 3. The summed E-state index contributed by atoms with van der Waals surface area (Å²) in [6.45, 7) is 4.55. The highest BCUT2D eigenvalue weighted by Gasteiger charge is 2.13. The molecule has 0 radical (unpaired) electrons. The van der Waals surface area contributed by atoms with Crippen LogP contribution < -0.4 is 0 Å². The maximum Gasteiger partial charge on any atom is 0.306 e. The zero-order chi connectivity index (χ0) is 28.5. The summed E-state index contributed by atoms with van der Waals surface area (Å²) in [5.41, 5.74) is 0. The molecule has 0 aliphatic rings. The van der Waals surface area contributed by atoms with E-state index in [9.17, 15) is 9.59 Å². The molecule has 3 heteroatoms. The average molecular weight is 551 g/mol. The van der Waals surface area contributed by atoms with Crippen molar-refractivity contribution in [3.8, 4) is 0 Å². The summed E-state index contributed by atoms with van der Waals surface area (Å²) in [7, 11) is 0. The van der Waals surface area contributed by atoms with Crippen LogP contribution in [0.25, 0.3) is 0 Å². The zero-order valence-electron chi connectivity index (χ0n) is 26.8. The highest BCUT2D eigenvalue weighted by molar-refractivity contribution is 5.69. The fraction of sp³-hybridized carbons (Fsp3) is 0.944. The van der Waals surface area contributed by atoms with Gasteiger partial charge in [-0.3, -0.25) is 4.79 Å². The molecule has 0 aliphatic carbocycles. The van der Waals surface area contributed by atoms with Gasteiger partial charge in [0.2, 0.25) is 0 Å². The fourth-order valence-electron chi connectivity index (χ4n) is 5.61. The molecule has 0 aliphatic heterocycles. The van der Waals surface area contributed by atoms with E-state index in [4.69, 9.17) is 4.74 Å². The molecule has 0 bridgehead atoms. The summed E-state index contributed by atoms with van der Waals surface area (Å²) >= 11 is 0. The third-order valence-electron chi connectivity index (χ3n) is 8.27. The van der Waals surface area contributed by atoms with Gasteiger partial charge in [-0.15, -0.1) is 0 Å². The number of ether oxygens (including phenoxy) is 1. The van der Waals surface area contributed by atoms with E-state index in [1.807, 2.05) is 0 Å². The molecule has 0 rings (SSSR count). The molecule has 1 unspecified atom stereocenters. The Bertz CT molecular complexity index is 490. The van der Waals surface area contributed by atoms with E-state index in [1.54, 1.807) is 0 Å². The second-order valence-electron chi connectivity index (χ2n) is 12.2. The number of hydrogen-bond donors (Lipinski definition) is 0. The lowest BCUT2D eigenvalue weighted by molar-refractivity contribution is -0.150. The van der Waals surface area contributed by atoms with E-state index in [1.165, 1.54) is 161 Å². The predicted molar refractivity (Wildman–Crippen MR) is 170 cm³/mol. The van der Waals surface area contributed by atoms with E-state index in [-0.39, 0.29) is 12.1 Å². The van der Waals surface area contributed by atoms with Crippen molar-refractivity contribution >= 4 is 12.3 Å². The van der Waals surface area contributed by atoms with Gasteiger partial charge in [0.15, 0.2) is 0 Å². The minimum absolute atomic E-state index is 0.106. The number of esters is 1. The van der Waals surface area contributed by atoms with Crippen molar-refractivity contribution in [2.75, 3.05) is 0 Å². The number of carbonyl (C=O) groups excluding carboxylic acids is 2. The first-order valence-corrected chi connectivity index (χ1v) is 17.9. The Morgan fingerprint density at radius 1 is 0.487 bits per heavy atom. The molecule has 0 aromatic carbocycles. The summed E-state index contributed by atoms with van der Waals surface area (Å²) in [6.07, 6.45) is 39.7. The van der Waals surface area contributed by atoms with Gasteiger partial charge in [0.05, 0.1) is 0 Å². The summed E-state index contributed by atoms with van der Waals surface area (Å²) < 4.78 is 5.64.